The van der Waals surface area contributed by atoms with Crippen LogP contribution in [0.1, 0.15) is 27.2 Å². The second-order valence-electron chi connectivity index (χ2n) is 7.54. The predicted octanol–water partition coefficient (Wildman–Crippen LogP) is 5.76. The number of carbonyl (C=O) groups is 1. The lowest BCUT2D eigenvalue weighted by Gasteiger charge is -2.39. The molecule has 0 unspecified atom stereocenters. The molecule has 2 heterocycles. The van der Waals surface area contributed by atoms with E-state index >= 15 is 0 Å². The van der Waals surface area contributed by atoms with Crippen molar-refractivity contribution in [3.05, 3.63) is 76.5 Å². The zero-order valence-electron chi connectivity index (χ0n) is 17.8. The topological polar surface area (TPSA) is 45.7 Å². The monoisotopic (exact) mass is 463 g/mol. The van der Waals surface area contributed by atoms with Gasteiger partial charge in [0.15, 0.2) is 11.6 Å². The van der Waals surface area contributed by atoms with E-state index in [1.54, 1.807) is 19.9 Å². The molecule has 0 radical (unpaired) electrons. The summed E-state index contributed by atoms with van der Waals surface area (Å²) < 4.78 is 73.0. The first-order chi connectivity index (χ1) is 15.5. The zero-order chi connectivity index (χ0) is 24.1. The van der Waals surface area contributed by atoms with Crippen molar-refractivity contribution in [1.29, 1.82) is 0 Å². The molecule has 0 N–H and O–H groups in total. The van der Waals surface area contributed by atoms with Gasteiger partial charge in [-0.2, -0.15) is 13.2 Å². The molecule has 0 saturated carbocycles. The summed E-state index contributed by atoms with van der Waals surface area (Å²) in [4.78, 5) is 20.3. The number of nitrogens with zero attached hydrogens (tertiary/aromatic N) is 3. The lowest BCUT2D eigenvalue weighted by atomic mass is 10.0. The third kappa shape index (κ3) is 3.96. The van der Waals surface area contributed by atoms with E-state index in [2.05, 4.69) is 4.98 Å². The summed E-state index contributed by atoms with van der Waals surface area (Å²) in [5.41, 5.74) is 0.232. The third-order valence-corrected chi connectivity index (χ3v) is 5.44. The lowest BCUT2D eigenvalue weighted by molar-refractivity contribution is -0.137. The van der Waals surface area contributed by atoms with Crippen LogP contribution in [0.4, 0.5) is 39.0 Å². The largest absolute Gasteiger partial charge is 0.481 e. The number of rotatable bonds is 3. The summed E-state index contributed by atoms with van der Waals surface area (Å²) in [6, 6.07) is 7.81. The highest BCUT2D eigenvalue weighted by atomic mass is 19.4. The van der Waals surface area contributed by atoms with Crippen LogP contribution in [-0.4, -0.2) is 24.7 Å². The van der Waals surface area contributed by atoms with E-state index in [-0.39, 0.29) is 23.6 Å². The lowest BCUT2D eigenvalue weighted by Crippen LogP contribution is -2.45. The number of benzene rings is 2. The van der Waals surface area contributed by atoms with Crippen LogP contribution in [0.25, 0.3) is 0 Å². The average molecular weight is 463 g/mol. The maximum Gasteiger partial charge on any atom is 0.416 e. The number of carbonyl (C=O) groups excluding carboxylic acids is 1. The number of aryl methyl sites for hydroxylation is 2. The van der Waals surface area contributed by atoms with Gasteiger partial charge in [-0.25, -0.2) is 13.8 Å². The van der Waals surface area contributed by atoms with E-state index < -0.39 is 29.3 Å². The number of ether oxygens (including phenoxy) is 1. The van der Waals surface area contributed by atoms with Crippen molar-refractivity contribution < 1.29 is 31.5 Å². The van der Waals surface area contributed by atoms with Gasteiger partial charge in [0, 0.05) is 17.8 Å². The highest BCUT2D eigenvalue weighted by molar-refractivity contribution is 6.13. The molecule has 0 saturated heterocycles. The normalized spacial score (nSPS) is 13.9. The minimum atomic E-state index is -4.67. The minimum absolute atomic E-state index is 0.150. The summed E-state index contributed by atoms with van der Waals surface area (Å²) in [6.45, 7) is 3.01. The van der Waals surface area contributed by atoms with Crippen molar-refractivity contribution in [1.82, 2.24) is 4.98 Å². The van der Waals surface area contributed by atoms with Gasteiger partial charge in [-0.15, -0.1) is 0 Å². The summed E-state index contributed by atoms with van der Waals surface area (Å²) >= 11 is 0. The van der Waals surface area contributed by atoms with Crippen LogP contribution in [0.5, 0.6) is 5.88 Å². The molecule has 1 aliphatic heterocycles. The van der Waals surface area contributed by atoms with E-state index in [1.807, 2.05) is 0 Å². The van der Waals surface area contributed by atoms with Crippen LogP contribution in [-0.2, 0) is 6.18 Å². The number of alkyl halides is 3. The number of hydrogen-bond acceptors (Lipinski definition) is 4. The number of halogens is 5. The SMILES string of the molecule is COc1ccc(N2CN(c3cc(F)c(F)cc3C)c3ccc(C(F)(F)F)cc3C2=O)c(C)n1. The highest BCUT2D eigenvalue weighted by Crippen LogP contribution is 2.41. The zero-order valence-corrected chi connectivity index (χ0v) is 17.8. The fourth-order valence-corrected chi connectivity index (χ4v) is 3.79. The molecule has 172 valence electrons. The fourth-order valence-electron chi connectivity index (χ4n) is 3.79. The molecule has 10 heteroatoms. The first kappa shape index (κ1) is 22.5. The van der Waals surface area contributed by atoms with Crippen LogP contribution < -0.4 is 14.5 Å². The summed E-state index contributed by atoms with van der Waals surface area (Å²) in [5.74, 6) is -2.55. The van der Waals surface area contributed by atoms with Gasteiger partial charge in [0.1, 0.15) is 6.67 Å². The number of hydrogen-bond donors (Lipinski definition) is 0. The second kappa shape index (κ2) is 8.02. The van der Waals surface area contributed by atoms with Gasteiger partial charge in [-0.3, -0.25) is 9.69 Å². The van der Waals surface area contributed by atoms with Crippen molar-refractivity contribution in [2.45, 2.75) is 20.0 Å². The van der Waals surface area contributed by atoms with Gasteiger partial charge in [0.2, 0.25) is 5.88 Å². The van der Waals surface area contributed by atoms with Crippen LogP contribution >= 0.6 is 0 Å². The summed E-state index contributed by atoms with van der Waals surface area (Å²) in [7, 11) is 1.43. The van der Waals surface area contributed by atoms with Crippen molar-refractivity contribution in [2.24, 2.45) is 0 Å². The molecule has 0 fully saturated rings. The number of anilines is 3. The Balaban J connectivity index is 1.92. The third-order valence-electron chi connectivity index (χ3n) is 5.44. The van der Waals surface area contributed by atoms with Crippen molar-refractivity contribution in [3.8, 4) is 5.88 Å². The number of amides is 1. The summed E-state index contributed by atoms with van der Waals surface area (Å²) in [6.07, 6.45) is -4.67. The van der Waals surface area contributed by atoms with Gasteiger partial charge < -0.3 is 9.64 Å². The Morgan fingerprint density at radius 3 is 2.21 bits per heavy atom. The van der Waals surface area contributed by atoms with E-state index in [0.29, 0.717) is 22.8 Å². The number of fused-ring (bicyclic) bond motifs is 1. The Labute approximate surface area is 186 Å². The van der Waals surface area contributed by atoms with Crippen LogP contribution in [0.3, 0.4) is 0 Å². The van der Waals surface area contributed by atoms with Gasteiger partial charge in [-0.05, 0) is 49.7 Å². The molecule has 2 aromatic carbocycles. The Hall–Kier alpha value is -3.69. The highest BCUT2D eigenvalue weighted by Gasteiger charge is 2.37. The number of methoxy groups -OCH3 is 1. The number of aromatic nitrogens is 1. The summed E-state index contributed by atoms with van der Waals surface area (Å²) in [5, 5.41) is 0. The Morgan fingerprint density at radius 1 is 0.909 bits per heavy atom. The molecule has 33 heavy (non-hydrogen) atoms. The van der Waals surface area contributed by atoms with E-state index in [0.717, 1.165) is 30.3 Å². The molecule has 4 rings (SSSR count). The smallest absolute Gasteiger partial charge is 0.416 e. The first-order valence-corrected chi connectivity index (χ1v) is 9.79. The van der Waals surface area contributed by atoms with E-state index in [4.69, 9.17) is 4.74 Å². The van der Waals surface area contributed by atoms with Gasteiger partial charge in [0.25, 0.3) is 5.91 Å². The van der Waals surface area contributed by atoms with Gasteiger partial charge in [-0.1, -0.05) is 0 Å². The predicted molar refractivity (Wildman–Crippen MR) is 112 cm³/mol. The molecule has 0 spiro atoms. The van der Waals surface area contributed by atoms with Gasteiger partial charge >= 0.3 is 6.18 Å². The maximum absolute atomic E-state index is 14.1. The quantitative estimate of drug-likeness (QED) is 0.464. The van der Waals surface area contributed by atoms with Gasteiger partial charge in [0.05, 0.1) is 35.3 Å². The Bertz CT molecular complexity index is 1260. The average Bonchev–Trinajstić information content (AvgIpc) is 2.76. The molecule has 5 nitrogen and oxygen atoms in total. The molecule has 0 bridgehead atoms. The van der Waals surface area contributed by atoms with Crippen molar-refractivity contribution >= 4 is 23.0 Å². The first-order valence-electron chi connectivity index (χ1n) is 9.79. The van der Waals surface area contributed by atoms with Crippen LogP contribution in [0.2, 0.25) is 0 Å². The molecule has 1 aromatic heterocycles. The Kier molecular flexibility index (Phi) is 5.47. The molecule has 0 aliphatic carbocycles. The molecule has 1 amide bonds. The molecular weight excluding hydrogens is 445 g/mol. The molecule has 3 aromatic rings. The fraction of sp³-hybridized carbons (Fsp3) is 0.217. The molecular formula is C23H18F5N3O2. The van der Waals surface area contributed by atoms with E-state index in [9.17, 15) is 26.7 Å². The second-order valence-corrected chi connectivity index (χ2v) is 7.54. The maximum atomic E-state index is 14.1. The molecule has 1 aliphatic rings. The van der Waals surface area contributed by atoms with Crippen LogP contribution in [0, 0.1) is 25.5 Å². The van der Waals surface area contributed by atoms with Crippen molar-refractivity contribution in [2.75, 3.05) is 23.6 Å². The standard InChI is InChI=1S/C23H18F5N3O2/c1-12-8-16(24)17(25)10-20(12)30-11-31(18-6-7-21(33-3)29-13(18)2)22(32)15-9-14(23(26,27)28)4-5-19(15)30/h4-10H,11H2,1-3H3. The molecule has 0 atom stereocenters. The van der Waals surface area contributed by atoms with Crippen LogP contribution in [0.15, 0.2) is 42.5 Å². The Morgan fingerprint density at radius 2 is 1.58 bits per heavy atom. The van der Waals surface area contributed by atoms with E-state index in [1.165, 1.54) is 23.0 Å². The minimum Gasteiger partial charge on any atom is -0.481 e. The number of pyridine rings is 1. The van der Waals surface area contributed by atoms with Crippen molar-refractivity contribution in [3.63, 3.8) is 0 Å².